The van der Waals surface area contributed by atoms with Crippen molar-refractivity contribution in [1.82, 2.24) is 24.5 Å². The molecule has 7 nitrogen and oxygen atoms in total. The molecule has 1 aromatic carbocycles. The molecule has 2 heterocycles. The number of aromatic nitrogens is 5. The van der Waals surface area contributed by atoms with Crippen molar-refractivity contribution in [3.8, 4) is 0 Å². The molecule has 24 heavy (non-hydrogen) atoms. The molecule has 0 saturated heterocycles. The largest absolute Gasteiger partial charge is 0.288 e. The number of hydrogen-bond acceptors (Lipinski definition) is 4. The van der Waals surface area contributed by atoms with E-state index in [1.807, 2.05) is 31.2 Å². The molecule has 0 radical (unpaired) electrons. The minimum absolute atomic E-state index is 0.236. The molecule has 0 aliphatic heterocycles. The van der Waals surface area contributed by atoms with Gasteiger partial charge in [-0.15, -0.1) is 5.10 Å². The number of halogens is 2. The second kappa shape index (κ2) is 6.74. The fraction of sp³-hybridized carbons (Fsp3) is 0.200. The Balaban J connectivity index is 1.71. The van der Waals surface area contributed by atoms with Gasteiger partial charge in [0.1, 0.15) is 12.0 Å². The highest BCUT2D eigenvalue weighted by atomic mass is 79.9. The lowest BCUT2D eigenvalue weighted by Crippen LogP contribution is -2.17. The zero-order valence-corrected chi connectivity index (χ0v) is 15.3. The number of aryl methyl sites for hydroxylation is 2. The van der Waals surface area contributed by atoms with Crippen LogP contribution in [0.15, 0.2) is 35.1 Å². The maximum absolute atomic E-state index is 12.4. The minimum atomic E-state index is -0.325. The Labute approximate surface area is 151 Å². The van der Waals surface area contributed by atoms with Gasteiger partial charge in [-0.25, -0.2) is 9.67 Å². The zero-order chi connectivity index (χ0) is 17.3. The Morgan fingerprint density at radius 1 is 1.29 bits per heavy atom. The predicted molar refractivity (Wildman–Crippen MR) is 94.2 cm³/mol. The van der Waals surface area contributed by atoms with E-state index in [1.54, 1.807) is 18.1 Å². The van der Waals surface area contributed by atoms with Crippen LogP contribution in [0.1, 0.15) is 21.7 Å². The fourth-order valence-corrected chi connectivity index (χ4v) is 2.89. The van der Waals surface area contributed by atoms with Crippen molar-refractivity contribution in [2.24, 2.45) is 7.05 Å². The summed E-state index contributed by atoms with van der Waals surface area (Å²) in [6.45, 7) is 2.36. The first-order chi connectivity index (χ1) is 11.4. The number of nitrogens with zero attached hydrogens (tertiary/aromatic N) is 5. The van der Waals surface area contributed by atoms with Gasteiger partial charge in [0.05, 0.1) is 16.7 Å². The molecule has 0 unspecified atom stereocenters. The predicted octanol–water partition coefficient (Wildman–Crippen LogP) is 3.04. The number of rotatable bonds is 4. The molecule has 0 aliphatic carbocycles. The molecule has 2 aromatic heterocycles. The van der Waals surface area contributed by atoms with Crippen LogP contribution >= 0.6 is 27.5 Å². The van der Waals surface area contributed by atoms with Crippen molar-refractivity contribution in [3.63, 3.8) is 0 Å². The number of hydrogen-bond donors (Lipinski definition) is 1. The number of nitrogens with one attached hydrogen (secondary N) is 1. The van der Waals surface area contributed by atoms with E-state index >= 15 is 0 Å². The Bertz CT molecular complexity index is 886. The summed E-state index contributed by atoms with van der Waals surface area (Å²) in [6.07, 6.45) is 1.56. The van der Waals surface area contributed by atoms with Gasteiger partial charge in [-0.3, -0.25) is 14.8 Å². The summed E-state index contributed by atoms with van der Waals surface area (Å²) < 4.78 is 3.81. The number of amides is 1. The van der Waals surface area contributed by atoms with Crippen LogP contribution in [0.2, 0.25) is 5.02 Å². The molecule has 9 heteroatoms. The molecular weight excluding hydrogens is 396 g/mol. The van der Waals surface area contributed by atoms with Gasteiger partial charge in [0, 0.05) is 12.1 Å². The van der Waals surface area contributed by atoms with Crippen LogP contribution in [0.4, 0.5) is 5.95 Å². The Morgan fingerprint density at radius 2 is 2.00 bits per heavy atom. The third-order valence-corrected chi connectivity index (χ3v) is 4.59. The molecule has 0 aliphatic rings. The highest BCUT2D eigenvalue weighted by Gasteiger charge is 2.19. The minimum Gasteiger partial charge on any atom is -0.288 e. The number of benzene rings is 1. The van der Waals surface area contributed by atoms with Crippen LogP contribution < -0.4 is 5.32 Å². The van der Waals surface area contributed by atoms with Gasteiger partial charge in [0.25, 0.3) is 5.91 Å². The van der Waals surface area contributed by atoms with Crippen molar-refractivity contribution in [2.45, 2.75) is 13.5 Å². The lowest BCUT2D eigenvalue weighted by atomic mass is 10.2. The van der Waals surface area contributed by atoms with E-state index in [4.69, 9.17) is 11.6 Å². The molecule has 3 rings (SSSR count). The van der Waals surface area contributed by atoms with Crippen molar-refractivity contribution in [3.05, 3.63) is 57.0 Å². The highest BCUT2D eigenvalue weighted by molar-refractivity contribution is 9.10. The van der Waals surface area contributed by atoms with E-state index in [1.165, 1.54) is 4.68 Å². The van der Waals surface area contributed by atoms with Crippen molar-refractivity contribution in [2.75, 3.05) is 5.32 Å². The van der Waals surface area contributed by atoms with Crippen LogP contribution in [0.5, 0.6) is 0 Å². The summed E-state index contributed by atoms with van der Waals surface area (Å²) >= 11 is 9.24. The zero-order valence-electron chi connectivity index (χ0n) is 13.0. The molecule has 0 spiro atoms. The lowest BCUT2D eigenvalue weighted by Gasteiger charge is -2.03. The van der Waals surface area contributed by atoms with E-state index in [9.17, 15) is 4.79 Å². The van der Waals surface area contributed by atoms with Crippen LogP contribution in [-0.2, 0) is 13.6 Å². The molecule has 1 N–H and O–H groups in total. The van der Waals surface area contributed by atoms with Gasteiger partial charge in [-0.1, -0.05) is 23.7 Å². The molecule has 124 valence electrons. The highest BCUT2D eigenvalue weighted by Crippen LogP contribution is 2.20. The van der Waals surface area contributed by atoms with Gasteiger partial charge in [-0.2, -0.15) is 5.10 Å². The van der Waals surface area contributed by atoms with E-state index < -0.39 is 0 Å². The Kier molecular flexibility index (Phi) is 4.68. The number of carbonyl (C=O) groups is 1. The second-order valence-electron chi connectivity index (χ2n) is 5.22. The number of carbonyl (C=O) groups excluding carboxylic acids is 1. The summed E-state index contributed by atoms with van der Waals surface area (Å²) in [5.41, 5.74) is 2.19. The fourth-order valence-electron chi connectivity index (χ4n) is 2.24. The van der Waals surface area contributed by atoms with Crippen LogP contribution in [0.25, 0.3) is 0 Å². The van der Waals surface area contributed by atoms with Gasteiger partial charge in [0.2, 0.25) is 5.95 Å². The second-order valence-corrected chi connectivity index (χ2v) is 6.45. The third kappa shape index (κ3) is 3.49. The summed E-state index contributed by atoms with van der Waals surface area (Å²) in [6, 6.07) is 7.47. The standard InChI is InChI=1S/C15H14BrClN6O/c1-9-12(16)13(22(2)20-9)14(24)19-15-18-8-23(21-15)7-10-3-5-11(17)6-4-10/h3-6,8H,7H2,1-2H3,(H,19,21,24). The molecular formula is C15H14BrClN6O. The SMILES string of the molecule is Cc1nn(C)c(C(=O)Nc2ncn(Cc3ccc(Cl)cc3)n2)c1Br. The average Bonchev–Trinajstić information content (AvgIpc) is 3.06. The van der Waals surface area contributed by atoms with Crippen LogP contribution in [-0.4, -0.2) is 30.5 Å². The van der Waals surface area contributed by atoms with Crippen molar-refractivity contribution >= 4 is 39.4 Å². The molecule has 1 amide bonds. The van der Waals surface area contributed by atoms with Crippen molar-refractivity contribution < 1.29 is 4.79 Å². The summed E-state index contributed by atoms with van der Waals surface area (Å²) in [5.74, 6) is -0.0889. The quantitative estimate of drug-likeness (QED) is 0.718. The van der Waals surface area contributed by atoms with Gasteiger partial charge >= 0.3 is 0 Å². The van der Waals surface area contributed by atoms with E-state index in [0.717, 1.165) is 11.3 Å². The summed E-state index contributed by atoms with van der Waals surface area (Å²) in [7, 11) is 1.71. The maximum atomic E-state index is 12.4. The smallest absolute Gasteiger partial charge is 0.277 e. The monoisotopic (exact) mass is 408 g/mol. The lowest BCUT2D eigenvalue weighted by molar-refractivity contribution is 0.101. The first kappa shape index (κ1) is 16.7. The molecule has 0 atom stereocenters. The van der Waals surface area contributed by atoms with Gasteiger partial charge < -0.3 is 0 Å². The third-order valence-electron chi connectivity index (χ3n) is 3.38. The average molecular weight is 410 g/mol. The Hall–Kier alpha value is -2.19. The van der Waals surface area contributed by atoms with E-state index in [0.29, 0.717) is 21.7 Å². The molecule has 3 aromatic rings. The van der Waals surface area contributed by atoms with Gasteiger partial charge in [0.15, 0.2) is 0 Å². The Morgan fingerprint density at radius 3 is 2.62 bits per heavy atom. The molecule has 0 saturated carbocycles. The summed E-state index contributed by atoms with van der Waals surface area (Å²) in [5, 5.41) is 11.8. The van der Waals surface area contributed by atoms with E-state index in [-0.39, 0.29) is 11.9 Å². The van der Waals surface area contributed by atoms with E-state index in [2.05, 4.69) is 36.4 Å². The molecule has 0 fully saturated rings. The summed E-state index contributed by atoms with van der Waals surface area (Å²) in [4.78, 5) is 16.5. The first-order valence-electron chi connectivity index (χ1n) is 7.08. The van der Waals surface area contributed by atoms with Crippen molar-refractivity contribution in [1.29, 1.82) is 0 Å². The van der Waals surface area contributed by atoms with Crippen LogP contribution in [0, 0.1) is 6.92 Å². The normalized spacial score (nSPS) is 10.8. The van der Waals surface area contributed by atoms with Crippen LogP contribution in [0.3, 0.4) is 0 Å². The molecule has 0 bridgehead atoms. The first-order valence-corrected chi connectivity index (χ1v) is 8.25. The maximum Gasteiger partial charge on any atom is 0.277 e. The van der Waals surface area contributed by atoms with Gasteiger partial charge in [-0.05, 0) is 40.5 Å². The topological polar surface area (TPSA) is 77.6 Å². The number of anilines is 1.